The summed E-state index contributed by atoms with van der Waals surface area (Å²) in [5, 5.41) is 0. The number of rotatable bonds is 6. The first-order valence-electron chi connectivity index (χ1n) is 8.05. The van der Waals surface area contributed by atoms with Gasteiger partial charge in [-0.05, 0) is 43.4 Å². The third kappa shape index (κ3) is 3.23. The van der Waals surface area contributed by atoms with Gasteiger partial charge in [-0.2, -0.15) is 0 Å². The summed E-state index contributed by atoms with van der Waals surface area (Å²) in [5.74, 6) is 6.81. The molecule has 1 unspecified atom stereocenters. The summed E-state index contributed by atoms with van der Waals surface area (Å²) in [6.45, 7) is 0. The molecule has 1 aromatic rings. The predicted molar refractivity (Wildman–Crippen MR) is 83.0 cm³/mol. The van der Waals surface area contributed by atoms with E-state index in [4.69, 9.17) is 15.3 Å². The Morgan fingerprint density at radius 2 is 1.81 bits per heavy atom. The molecule has 2 fully saturated rings. The van der Waals surface area contributed by atoms with E-state index in [-0.39, 0.29) is 11.6 Å². The average Bonchev–Trinajstić information content (AvgIpc) is 3.34. The number of benzene rings is 1. The molecule has 4 nitrogen and oxygen atoms in total. The van der Waals surface area contributed by atoms with Gasteiger partial charge in [0.15, 0.2) is 0 Å². The fourth-order valence-electron chi connectivity index (χ4n) is 3.43. The molecule has 0 amide bonds. The number of methoxy groups -OCH3 is 1. The molecule has 0 bridgehead atoms. The Hall–Kier alpha value is -1.10. The molecule has 1 aromatic carbocycles. The minimum absolute atomic E-state index is 0.0257. The fourth-order valence-corrected chi connectivity index (χ4v) is 3.43. The molecular weight excluding hydrogens is 264 g/mol. The van der Waals surface area contributed by atoms with Crippen LogP contribution in [0, 0.1) is 0 Å². The average molecular weight is 290 g/mol. The maximum absolute atomic E-state index is 5.92. The molecule has 3 N–H and O–H groups in total. The molecule has 0 heterocycles. The zero-order chi connectivity index (χ0) is 14.7. The molecule has 2 aliphatic carbocycles. The van der Waals surface area contributed by atoms with Crippen molar-refractivity contribution >= 4 is 0 Å². The van der Waals surface area contributed by atoms with Gasteiger partial charge in [-0.3, -0.25) is 11.3 Å². The van der Waals surface area contributed by atoms with Crippen LogP contribution in [0.3, 0.4) is 0 Å². The third-order valence-electron chi connectivity index (χ3n) is 4.84. The van der Waals surface area contributed by atoms with E-state index in [1.165, 1.54) is 37.7 Å². The Labute approximate surface area is 127 Å². The quantitative estimate of drug-likeness (QED) is 0.624. The van der Waals surface area contributed by atoms with Gasteiger partial charge < -0.3 is 9.47 Å². The van der Waals surface area contributed by atoms with E-state index >= 15 is 0 Å². The highest BCUT2D eigenvalue weighted by Crippen LogP contribution is 2.41. The van der Waals surface area contributed by atoms with E-state index in [1.54, 1.807) is 7.11 Å². The highest BCUT2D eigenvalue weighted by Gasteiger charge is 2.40. The van der Waals surface area contributed by atoms with E-state index in [0.717, 1.165) is 18.6 Å². The Morgan fingerprint density at radius 3 is 2.33 bits per heavy atom. The molecule has 1 atom stereocenters. The van der Waals surface area contributed by atoms with Gasteiger partial charge in [0, 0.05) is 7.11 Å². The van der Waals surface area contributed by atoms with Crippen molar-refractivity contribution in [1.82, 2.24) is 5.43 Å². The highest BCUT2D eigenvalue weighted by molar-refractivity contribution is 5.31. The van der Waals surface area contributed by atoms with Crippen molar-refractivity contribution in [3.05, 3.63) is 29.8 Å². The Bertz CT molecular complexity index is 450. The van der Waals surface area contributed by atoms with Gasteiger partial charge in [-0.1, -0.05) is 31.4 Å². The highest BCUT2D eigenvalue weighted by atomic mass is 16.5. The lowest BCUT2D eigenvalue weighted by atomic mass is 9.77. The topological polar surface area (TPSA) is 56.5 Å². The molecule has 3 rings (SSSR count). The van der Waals surface area contributed by atoms with Gasteiger partial charge in [0.25, 0.3) is 0 Å². The SMILES string of the molecule is COC1(C(NN)c2ccc(OC3CC3)cc2)CCCCC1. The second kappa shape index (κ2) is 6.34. The van der Waals surface area contributed by atoms with Crippen LogP contribution in [0.5, 0.6) is 5.75 Å². The molecule has 2 saturated carbocycles. The van der Waals surface area contributed by atoms with Crippen LogP contribution in [0.4, 0.5) is 0 Å². The Kier molecular flexibility index (Phi) is 4.48. The minimum atomic E-state index is -0.189. The normalized spacial score (nSPS) is 22.8. The number of nitrogens with two attached hydrogens (primary N) is 1. The van der Waals surface area contributed by atoms with E-state index in [9.17, 15) is 0 Å². The van der Waals surface area contributed by atoms with Gasteiger partial charge in [0.1, 0.15) is 5.75 Å². The number of hydrazine groups is 1. The molecule has 0 aliphatic heterocycles. The lowest BCUT2D eigenvalue weighted by molar-refractivity contribution is -0.0688. The second-order valence-corrected chi connectivity index (χ2v) is 6.32. The maximum Gasteiger partial charge on any atom is 0.119 e. The van der Waals surface area contributed by atoms with Gasteiger partial charge in [-0.15, -0.1) is 0 Å². The molecule has 21 heavy (non-hydrogen) atoms. The van der Waals surface area contributed by atoms with Crippen LogP contribution in [-0.4, -0.2) is 18.8 Å². The molecule has 0 aromatic heterocycles. The predicted octanol–water partition coefficient (Wildman–Crippen LogP) is 3.08. The Balaban J connectivity index is 1.77. The molecule has 0 radical (unpaired) electrons. The number of hydrogen-bond acceptors (Lipinski definition) is 4. The van der Waals surface area contributed by atoms with Gasteiger partial charge in [-0.25, -0.2) is 0 Å². The molecule has 4 heteroatoms. The van der Waals surface area contributed by atoms with Crippen LogP contribution in [0.1, 0.15) is 56.6 Å². The van der Waals surface area contributed by atoms with Crippen LogP contribution in [0.15, 0.2) is 24.3 Å². The zero-order valence-electron chi connectivity index (χ0n) is 12.8. The first-order valence-corrected chi connectivity index (χ1v) is 8.05. The lowest BCUT2D eigenvalue weighted by Gasteiger charge is -2.42. The van der Waals surface area contributed by atoms with Crippen molar-refractivity contribution in [2.24, 2.45) is 5.84 Å². The fraction of sp³-hybridized carbons (Fsp3) is 0.647. The summed E-state index contributed by atoms with van der Waals surface area (Å²) in [4.78, 5) is 0. The summed E-state index contributed by atoms with van der Waals surface area (Å²) in [5.41, 5.74) is 3.97. The summed E-state index contributed by atoms with van der Waals surface area (Å²) in [7, 11) is 1.81. The lowest BCUT2D eigenvalue weighted by Crippen LogP contribution is -2.49. The smallest absolute Gasteiger partial charge is 0.119 e. The van der Waals surface area contributed by atoms with E-state index in [0.29, 0.717) is 6.10 Å². The van der Waals surface area contributed by atoms with Crippen LogP contribution >= 0.6 is 0 Å². The van der Waals surface area contributed by atoms with Crippen LogP contribution in [0.25, 0.3) is 0 Å². The largest absolute Gasteiger partial charge is 0.490 e. The van der Waals surface area contributed by atoms with E-state index in [1.807, 2.05) is 12.1 Å². The Morgan fingerprint density at radius 1 is 1.14 bits per heavy atom. The van der Waals surface area contributed by atoms with E-state index in [2.05, 4.69) is 17.6 Å². The van der Waals surface area contributed by atoms with Crippen LogP contribution in [-0.2, 0) is 4.74 Å². The van der Waals surface area contributed by atoms with Crippen molar-refractivity contribution in [2.75, 3.05) is 7.11 Å². The van der Waals surface area contributed by atoms with Gasteiger partial charge in [0.05, 0.1) is 17.7 Å². The summed E-state index contributed by atoms with van der Waals surface area (Å²) in [6, 6.07) is 8.33. The summed E-state index contributed by atoms with van der Waals surface area (Å²) in [6.07, 6.45) is 8.60. The van der Waals surface area contributed by atoms with Crippen LogP contribution < -0.4 is 16.0 Å². The molecule has 0 saturated heterocycles. The second-order valence-electron chi connectivity index (χ2n) is 6.32. The van der Waals surface area contributed by atoms with Crippen molar-refractivity contribution in [3.8, 4) is 5.75 Å². The first-order chi connectivity index (χ1) is 10.3. The molecule has 116 valence electrons. The van der Waals surface area contributed by atoms with Crippen LogP contribution in [0.2, 0.25) is 0 Å². The van der Waals surface area contributed by atoms with Gasteiger partial charge >= 0.3 is 0 Å². The zero-order valence-corrected chi connectivity index (χ0v) is 12.8. The summed E-state index contributed by atoms with van der Waals surface area (Å²) < 4.78 is 11.7. The molecule has 0 spiro atoms. The number of ether oxygens (including phenoxy) is 2. The van der Waals surface area contributed by atoms with Crippen molar-refractivity contribution < 1.29 is 9.47 Å². The standard InChI is InChI=1S/C17H26N2O2/c1-20-17(11-3-2-4-12-17)16(19-18)13-5-7-14(8-6-13)21-15-9-10-15/h5-8,15-16,19H,2-4,9-12,18H2,1H3. The summed E-state index contributed by atoms with van der Waals surface area (Å²) >= 11 is 0. The molecule has 2 aliphatic rings. The third-order valence-corrected chi connectivity index (χ3v) is 4.84. The first kappa shape index (κ1) is 14.8. The van der Waals surface area contributed by atoms with Gasteiger partial charge in [0.2, 0.25) is 0 Å². The van der Waals surface area contributed by atoms with Crippen molar-refractivity contribution in [2.45, 2.75) is 62.7 Å². The maximum atomic E-state index is 5.92. The van der Waals surface area contributed by atoms with E-state index < -0.39 is 0 Å². The number of nitrogens with one attached hydrogen (secondary N) is 1. The monoisotopic (exact) mass is 290 g/mol. The number of hydrogen-bond donors (Lipinski definition) is 2. The van der Waals surface area contributed by atoms with Crippen molar-refractivity contribution in [3.63, 3.8) is 0 Å². The minimum Gasteiger partial charge on any atom is -0.490 e. The molecular formula is C17H26N2O2. The van der Waals surface area contributed by atoms with Crippen molar-refractivity contribution in [1.29, 1.82) is 0 Å².